The predicted octanol–water partition coefficient (Wildman–Crippen LogP) is 5.75. The highest BCUT2D eigenvalue weighted by Gasteiger charge is 2.17. The third-order valence-corrected chi connectivity index (χ3v) is 5.93. The quantitative estimate of drug-likeness (QED) is 0.382. The van der Waals surface area contributed by atoms with Gasteiger partial charge in [0.2, 0.25) is 5.88 Å². The van der Waals surface area contributed by atoms with E-state index in [1.165, 1.54) is 17.0 Å². The third kappa shape index (κ3) is 6.45. The van der Waals surface area contributed by atoms with E-state index in [0.717, 1.165) is 43.4 Å². The zero-order chi connectivity index (χ0) is 25.5. The number of rotatable bonds is 10. The number of aromatic nitrogens is 2. The molecule has 6 nitrogen and oxygen atoms in total. The van der Waals surface area contributed by atoms with Crippen LogP contribution in [0.5, 0.6) is 5.88 Å². The number of carbonyl (C=O) groups excluding carboxylic acids is 1. The summed E-state index contributed by atoms with van der Waals surface area (Å²) >= 11 is 6.22. The maximum absolute atomic E-state index is 13.9. The lowest BCUT2D eigenvalue weighted by Crippen LogP contribution is -2.34. The van der Waals surface area contributed by atoms with Crippen LogP contribution >= 0.6 is 11.6 Å². The number of hydrogen-bond acceptors (Lipinski definition) is 4. The van der Waals surface area contributed by atoms with Crippen molar-refractivity contribution in [1.29, 1.82) is 0 Å². The highest BCUT2D eigenvalue weighted by atomic mass is 35.5. The van der Waals surface area contributed by atoms with Gasteiger partial charge in [-0.3, -0.25) is 14.2 Å². The van der Waals surface area contributed by atoms with Gasteiger partial charge in [0.05, 0.1) is 5.69 Å². The number of nitrogens with zero attached hydrogens (tertiary/aromatic N) is 2. The van der Waals surface area contributed by atoms with Gasteiger partial charge >= 0.3 is 0 Å². The van der Waals surface area contributed by atoms with Gasteiger partial charge in [-0.1, -0.05) is 44.4 Å². The molecule has 9 heteroatoms. The Morgan fingerprint density at radius 1 is 1.14 bits per heavy atom. The van der Waals surface area contributed by atoms with Crippen LogP contribution < -0.4 is 15.6 Å². The van der Waals surface area contributed by atoms with Crippen LogP contribution in [0, 0.1) is 18.6 Å². The average molecular weight is 504 g/mol. The monoisotopic (exact) mass is 503 g/mol. The second-order valence-electron chi connectivity index (χ2n) is 8.31. The van der Waals surface area contributed by atoms with E-state index in [1.54, 1.807) is 25.1 Å². The minimum absolute atomic E-state index is 0.0865. The van der Waals surface area contributed by atoms with Gasteiger partial charge in [-0.15, -0.1) is 0 Å². The van der Waals surface area contributed by atoms with Gasteiger partial charge in [0.15, 0.2) is 5.02 Å². The van der Waals surface area contributed by atoms with E-state index in [2.05, 4.69) is 24.1 Å². The van der Waals surface area contributed by atoms with Crippen LogP contribution in [0.1, 0.15) is 61.0 Å². The van der Waals surface area contributed by atoms with Crippen LogP contribution in [0.4, 0.5) is 8.78 Å². The summed E-state index contributed by atoms with van der Waals surface area (Å²) in [5.74, 6) is -1.88. The topological polar surface area (TPSA) is 73.2 Å². The first-order valence-corrected chi connectivity index (χ1v) is 11.9. The summed E-state index contributed by atoms with van der Waals surface area (Å²) in [6, 6.07) is 8.25. The Bertz CT molecular complexity index is 1260. The van der Waals surface area contributed by atoms with Crippen molar-refractivity contribution < 1.29 is 18.3 Å². The van der Waals surface area contributed by atoms with Crippen molar-refractivity contribution in [3.8, 4) is 11.6 Å². The van der Waals surface area contributed by atoms with E-state index in [1.807, 2.05) is 0 Å². The van der Waals surface area contributed by atoms with E-state index in [9.17, 15) is 18.4 Å². The molecule has 1 heterocycles. The molecule has 0 bridgehead atoms. The molecule has 35 heavy (non-hydrogen) atoms. The molecule has 1 N–H and O–H groups in total. The minimum Gasteiger partial charge on any atom is -0.471 e. The maximum atomic E-state index is 13.9. The Hall–Kier alpha value is -3.26. The Kier molecular flexibility index (Phi) is 8.98. The van der Waals surface area contributed by atoms with Gasteiger partial charge in [0.25, 0.3) is 11.5 Å². The molecular formula is C26H28ClF2N3O3. The Morgan fingerprint density at radius 2 is 1.86 bits per heavy atom. The average Bonchev–Trinajstić information content (AvgIpc) is 2.82. The van der Waals surface area contributed by atoms with Gasteiger partial charge in [0, 0.05) is 23.2 Å². The first kappa shape index (κ1) is 26.3. The summed E-state index contributed by atoms with van der Waals surface area (Å²) in [7, 11) is 0. The van der Waals surface area contributed by atoms with E-state index < -0.39 is 17.2 Å². The number of hydrogen-bond donors (Lipinski definition) is 1. The zero-order valence-corrected chi connectivity index (χ0v) is 20.7. The fourth-order valence-electron chi connectivity index (χ4n) is 3.74. The van der Waals surface area contributed by atoms with E-state index >= 15 is 0 Å². The molecule has 0 saturated carbocycles. The van der Waals surface area contributed by atoms with Crippen LogP contribution in [-0.4, -0.2) is 21.5 Å². The van der Waals surface area contributed by atoms with Crippen LogP contribution in [0.25, 0.3) is 5.69 Å². The highest BCUT2D eigenvalue weighted by molar-refractivity contribution is 6.31. The van der Waals surface area contributed by atoms with Gasteiger partial charge in [-0.05, 0) is 49.6 Å². The zero-order valence-electron chi connectivity index (χ0n) is 19.9. The Morgan fingerprint density at radius 3 is 2.51 bits per heavy atom. The summed E-state index contributed by atoms with van der Waals surface area (Å²) in [6.45, 7) is 5.67. The predicted molar refractivity (Wildman–Crippen MR) is 131 cm³/mol. The maximum Gasteiger partial charge on any atom is 0.280 e. The van der Waals surface area contributed by atoms with Gasteiger partial charge in [0.1, 0.15) is 24.6 Å². The van der Waals surface area contributed by atoms with Crippen LogP contribution in [0.2, 0.25) is 5.02 Å². The summed E-state index contributed by atoms with van der Waals surface area (Å²) < 4.78 is 33.6. The molecule has 3 aromatic rings. The molecular weight excluding hydrogens is 476 g/mol. The molecule has 0 aliphatic heterocycles. The van der Waals surface area contributed by atoms with Crippen molar-refractivity contribution in [3.63, 3.8) is 0 Å². The molecule has 0 radical (unpaired) electrons. The molecule has 0 atom stereocenters. The molecule has 3 rings (SSSR count). The lowest BCUT2D eigenvalue weighted by molar-refractivity contribution is 0.0932. The molecule has 0 aliphatic carbocycles. The summed E-state index contributed by atoms with van der Waals surface area (Å²) in [4.78, 5) is 29.9. The number of aryl methyl sites for hydroxylation is 1. The van der Waals surface area contributed by atoms with Crippen molar-refractivity contribution in [1.82, 2.24) is 14.9 Å². The third-order valence-electron chi connectivity index (χ3n) is 5.60. The summed E-state index contributed by atoms with van der Waals surface area (Å²) in [6.07, 6.45) is 4.95. The fourth-order valence-corrected chi connectivity index (χ4v) is 3.93. The normalized spacial score (nSPS) is 11.1. The van der Waals surface area contributed by atoms with Crippen molar-refractivity contribution >= 4 is 17.5 Å². The van der Waals surface area contributed by atoms with Crippen molar-refractivity contribution in [2.45, 2.75) is 59.1 Å². The molecule has 0 aliphatic rings. The van der Waals surface area contributed by atoms with Crippen LogP contribution in [-0.2, 0) is 6.61 Å². The molecule has 0 unspecified atom stereocenters. The minimum atomic E-state index is -0.778. The van der Waals surface area contributed by atoms with E-state index in [0.29, 0.717) is 11.3 Å². The number of halogens is 3. The number of nitrogens with one attached hydrogen (secondary N) is 1. The number of benzene rings is 2. The molecule has 1 amide bonds. The van der Waals surface area contributed by atoms with Crippen LogP contribution in [0.3, 0.4) is 0 Å². The standard InChI is InChI=1S/C26H28ClF2N3O3/c1-4-6-20(7-5-2)31-24(33)17-9-8-16(3)22(12-17)32-15-30-25(23(27)26(32)34)35-14-18-10-11-19(28)13-21(18)29/h8-13,15,20H,4-7,14H2,1-3H3,(H,31,33). The molecule has 1 aromatic heterocycles. The number of carbonyl (C=O) groups is 1. The van der Waals surface area contributed by atoms with E-state index in [-0.39, 0.29) is 35.0 Å². The van der Waals surface area contributed by atoms with Crippen LogP contribution in [0.15, 0.2) is 47.5 Å². The number of ether oxygens (including phenoxy) is 1. The molecule has 0 spiro atoms. The van der Waals surface area contributed by atoms with Gasteiger partial charge < -0.3 is 10.1 Å². The molecule has 0 saturated heterocycles. The second-order valence-corrected chi connectivity index (χ2v) is 8.69. The smallest absolute Gasteiger partial charge is 0.280 e. The first-order chi connectivity index (χ1) is 16.7. The lowest BCUT2D eigenvalue weighted by atomic mass is 10.0. The van der Waals surface area contributed by atoms with Crippen molar-refractivity contribution in [3.05, 3.63) is 86.4 Å². The number of amides is 1. The first-order valence-electron chi connectivity index (χ1n) is 11.5. The molecule has 2 aromatic carbocycles. The SMILES string of the molecule is CCCC(CCC)NC(=O)c1ccc(C)c(-n2cnc(OCc3ccc(F)cc3F)c(Cl)c2=O)c1. The molecule has 186 valence electrons. The second kappa shape index (κ2) is 11.9. The Balaban J connectivity index is 1.85. The van der Waals surface area contributed by atoms with Gasteiger partial charge in [-0.25, -0.2) is 13.8 Å². The van der Waals surface area contributed by atoms with Gasteiger partial charge in [-0.2, -0.15) is 0 Å². The summed E-state index contributed by atoms with van der Waals surface area (Å²) in [5, 5.41) is 2.77. The summed E-state index contributed by atoms with van der Waals surface area (Å²) in [5.41, 5.74) is 1.09. The Labute approximate surface area is 207 Å². The highest BCUT2D eigenvalue weighted by Crippen LogP contribution is 2.22. The lowest BCUT2D eigenvalue weighted by Gasteiger charge is -2.18. The largest absolute Gasteiger partial charge is 0.471 e. The van der Waals surface area contributed by atoms with Crippen molar-refractivity contribution in [2.24, 2.45) is 0 Å². The van der Waals surface area contributed by atoms with E-state index in [4.69, 9.17) is 16.3 Å². The molecule has 0 fully saturated rings. The van der Waals surface area contributed by atoms with Crippen molar-refractivity contribution in [2.75, 3.05) is 0 Å². The fraction of sp³-hybridized carbons (Fsp3) is 0.346.